The zero-order valence-electron chi connectivity index (χ0n) is 25.9. The number of carbonyl (C=O) groups excluding carboxylic acids is 2. The third-order valence-corrected chi connectivity index (χ3v) is 13.2. The van der Waals surface area contributed by atoms with Crippen LogP contribution in [0.4, 0.5) is 0 Å². The molecule has 2 radical (unpaired) electrons. The number of benzene rings is 2. The molecule has 0 atom stereocenters. The molecule has 0 saturated carbocycles. The summed E-state index contributed by atoms with van der Waals surface area (Å²) in [4.78, 5) is 46.0. The van der Waals surface area contributed by atoms with Crippen LogP contribution in [0, 0.1) is 13.2 Å². The Morgan fingerprint density at radius 2 is 0.952 bits per heavy atom. The summed E-state index contributed by atoms with van der Waals surface area (Å²) in [5.74, 6) is -1.34. The fourth-order valence-corrected chi connectivity index (χ4v) is 6.70. The third-order valence-electron chi connectivity index (χ3n) is 7.55. The van der Waals surface area contributed by atoms with Gasteiger partial charge < -0.3 is 0 Å². The van der Waals surface area contributed by atoms with E-state index in [0.29, 0.717) is 17.5 Å². The van der Waals surface area contributed by atoms with Gasteiger partial charge in [0, 0.05) is 6.42 Å². The Bertz CT molecular complexity index is 1050. The van der Waals surface area contributed by atoms with Crippen molar-refractivity contribution < 1.29 is 29.1 Å². The summed E-state index contributed by atoms with van der Waals surface area (Å²) >= 11 is 0. The molecule has 8 heteroatoms. The van der Waals surface area contributed by atoms with Gasteiger partial charge in [0.2, 0.25) is 0 Å². The lowest BCUT2D eigenvalue weighted by Gasteiger charge is -2.18. The molecule has 228 valence electrons. The molecule has 0 spiro atoms. The van der Waals surface area contributed by atoms with Crippen molar-refractivity contribution in [2.45, 2.75) is 90.4 Å². The Morgan fingerprint density at radius 3 is 1.31 bits per heavy atom. The average molecular weight is 609 g/mol. The molecular weight excluding hydrogens is 561 g/mol. The summed E-state index contributed by atoms with van der Waals surface area (Å²) in [5.41, 5.74) is 4.67. The van der Waals surface area contributed by atoms with Crippen LogP contribution in [0.25, 0.3) is 0 Å². The van der Waals surface area contributed by atoms with E-state index in [9.17, 15) is 9.59 Å². The molecule has 0 aromatic heterocycles. The molecule has 2 aromatic rings. The Balaban J connectivity index is 1.94. The van der Waals surface area contributed by atoms with Gasteiger partial charge in [-0.15, -0.1) is 22.9 Å². The smallest absolute Gasteiger partial charge is 0.289 e. The van der Waals surface area contributed by atoms with Gasteiger partial charge in [-0.05, 0) is 30.7 Å². The molecule has 0 bridgehead atoms. The molecule has 0 aliphatic rings. The van der Waals surface area contributed by atoms with E-state index < -0.39 is 28.1 Å². The predicted molar refractivity (Wildman–Crippen MR) is 175 cm³/mol. The maximum absolute atomic E-state index is 12.7. The quantitative estimate of drug-likeness (QED) is 0.0655. The summed E-state index contributed by atoms with van der Waals surface area (Å²) in [7, 11) is -3.48. The minimum atomic E-state index is -1.74. The Labute approximate surface area is 255 Å². The van der Waals surface area contributed by atoms with Crippen molar-refractivity contribution in [1.29, 1.82) is 0 Å². The van der Waals surface area contributed by atoms with Crippen molar-refractivity contribution in [3.05, 3.63) is 97.4 Å². The van der Waals surface area contributed by atoms with Crippen LogP contribution < -0.4 is 10.4 Å². The molecule has 0 amide bonds. The van der Waals surface area contributed by atoms with Crippen LogP contribution in [0.5, 0.6) is 0 Å². The van der Waals surface area contributed by atoms with Crippen LogP contribution in [0.1, 0.15) is 84.9 Å². The van der Waals surface area contributed by atoms with Crippen molar-refractivity contribution in [3.8, 4) is 0 Å². The predicted octanol–water partition coefficient (Wildman–Crippen LogP) is 8.07. The van der Waals surface area contributed by atoms with Crippen LogP contribution >= 0.6 is 0 Å². The monoisotopic (exact) mass is 608 g/mol. The van der Waals surface area contributed by atoms with Gasteiger partial charge in [-0.25, -0.2) is 9.59 Å². The lowest BCUT2D eigenvalue weighted by atomic mass is 10.1. The van der Waals surface area contributed by atoms with Crippen molar-refractivity contribution in [2.24, 2.45) is 0 Å². The number of carbonyl (C=O) groups is 2. The van der Waals surface area contributed by atoms with E-state index in [1.165, 1.54) is 25.7 Å². The molecule has 0 aliphatic carbocycles. The number of hydrogen-bond donors (Lipinski definition) is 0. The minimum absolute atomic E-state index is 0.0826. The third kappa shape index (κ3) is 11.8. The first kappa shape index (κ1) is 35.4. The Morgan fingerprint density at radius 1 is 0.595 bits per heavy atom. The molecular formula is C34H48O6Si2. The van der Waals surface area contributed by atoms with Gasteiger partial charge in [-0.1, -0.05) is 131 Å². The molecule has 0 N–H and O–H groups in total. The van der Waals surface area contributed by atoms with Crippen molar-refractivity contribution in [1.82, 2.24) is 0 Å². The normalized spacial score (nSPS) is 11.8. The Kier molecular flexibility index (Phi) is 15.2. The van der Waals surface area contributed by atoms with Crippen LogP contribution in [0.3, 0.4) is 0 Å². The van der Waals surface area contributed by atoms with Gasteiger partial charge in [0.05, 0.1) is 11.1 Å². The van der Waals surface area contributed by atoms with Gasteiger partial charge in [-0.2, -0.15) is 0 Å². The van der Waals surface area contributed by atoms with Crippen LogP contribution in [0.2, 0.25) is 26.2 Å². The molecule has 0 aliphatic heterocycles. The maximum Gasteiger partial charge on any atom is 0.373 e. The molecule has 2 rings (SSSR count). The van der Waals surface area contributed by atoms with Crippen LogP contribution in [-0.2, 0) is 19.6 Å². The summed E-state index contributed by atoms with van der Waals surface area (Å²) in [6.45, 7) is 20.5. The number of rotatable bonds is 20. The molecule has 0 saturated heterocycles. The van der Waals surface area contributed by atoms with Crippen LogP contribution in [0.15, 0.2) is 73.1 Å². The van der Waals surface area contributed by atoms with E-state index in [2.05, 4.69) is 46.3 Å². The second kappa shape index (κ2) is 18.0. The van der Waals surface area contributed by atoms with Crippen molar-refractivity contribution in [2.75, 3.05) is 0 Å². The SMILES string of the molecule is [CH2]CCCCCCCCCC[C](OOC(=O)c1ccc([Si](C)(C)C=C)cc1)OOC(=O)c1ccc([Si](C)(C)C=C)cc1. The van der Waals surface area contributed by atoms with Crippen LogP contribution in [-0.4, -0.2) is 28.1 Å². The first-order valence-corrected chi connectivity index (χ1v) is 21.1. The molecule has 2 aromatic carbocycles. The highest BCUT2D eigenvalue weighted by molar-refractivity contribution is 6.94. The minimum Gasteiger partial charge on any atom is -0.289 e. The standard InChI is InChI=1S/C34H48O6Si2/c1-8-11-12-13-14-15-16-17-18-19-32(37-39-33(35)28-20-24-30(25-21-28)41(4,5)9-2)38-40-34(36)29-22-26-31(27-23-29)42(6,7)10-3/h9-10,20-27H,1-3,8,11-19H2,4-7H3. The van der Waals surface area contributed by atoms with E-state index in [1.54, 1.807) is 24.3 Å². The summed E-state index contributed by atoms with van der Waals surface area (Å²) in [6.07, 6.45) is 9.98. The van der Waals surface area contributed by atoms with Gasteiger partial charge in [0.25, 0.3) is 0 Å². The fourth-order valence-electron chi connectivity index (χ4n) is 4.18. The topological polar surface area (TPSA) is 71.1 Å². The van der Waals surface area contributed by atoms with Gasteiger partial charge in [-0.3, -0.25) is 9.78 Å². The van der Waals surface area contributed by atoms with Gasteiger partial charge >= 0.3 is 18.2 Å². The highest BCUT2D eigenvalue weighted by Gasteiger charge is 2.24. The lowest BCUT2D eigenvalue weighted by molar-refractivity contribution is -0.363. The second-order valence-corrected chi connectivity index (χ2v) is 20.6. The first-order chi connectivity index (χ1) is 20.0. The van der Waals surface area contributed by atoms with E-state index in [4.69, 9.17) is 19.6 Å². The second-order valence-electron chi connectivity index (χ2n) is 11.7. The molecule has 0 unspecified atom stereocenters. The fraction of sp³-hybridized carbons (Fsp3) is 0.412. The Hall–Kier alpha value is -2.79. The summed E-state index contributed by atoms with van der Waals surface area (Å²) in [5, 5.41) is 2.31. The zero-order chi connectivity index (χ0) is 31.0. The van der Waals surface area contributed by atoms with Gasteiger partial charge in [0.1, 0.15) is 16.1 Å². The van der Waals surface area contributed by atoms with Crippen molar-refractivity contribution in [3.63, 3.8) is 0 Å². The first-order valence-electron chi connectivity index (χ1n) is 14.9. The van der Waals surface area contributed by atoms with Crippen molar-refractivity contribution >= 4 is 38.5 Å². The molecule has 6 nitrogen and oxygen atoms in total. The number of hydrogen-bond acceptors (Lipinski definition) is 6. The highest BCUT2D eigenvalue weighted by Crippen LogP contribution is 2.20. The largest absolute Gasteiger partial charge is 0.373 e. The highest BCUT2D eigenvalue weighted by atomic mass is 28.3. The van der Waals surface area contributed by atoms with E-state index in [1.807, 2.05) is 35.7 Å². The van der Waals surface area contributed by atoms with E-state index in [-0.39, 0.29) is 6.29 Å². The maximum atomic E-state index is 12.7. The lowest BCUT2D eigenvalue weighted by Crippen LogP contribution is -2.39. The molecule has 0 heterocycles. The molecule has 42 heavy (non-hydrogen) atoms. The molecule has 0 fully saturated rings. The summed E-state index contributed by atoms with van der Waals surface area (Å²) < 4.78 is 0. The van der Waals surface area contributed by atoms with E-state index >= 15 is 0 Å². The zero-order valence-corrected chi connectivity index (χ0v) is 27.9. The summed E-state index contributed by atoms with van der Waals surface area (Å²) in [6, 6.07) is 14.5. The van der Waals surface area contributed by atoms with E-state index in [0.717, 1.165) is 42.5 Å². The van der Waals surface area contributed by atoms with Gasteiger partial charge in [0.15, 0.2) is 0 Å². The average Bonchev–Trinajstić information content (AvgIpc) is 3.00. The number of unbranched alkanes of at least 4 members (excludes halogenated alkanes) is 8.